The smallest absolute Gasteiger partial charge is 0.280 e. The molecule has 2 N–H and O–H groups in total. The van der Waals surface area contributed by atoms with E-state index >= 15 is 0 Å². The molecule has 1 saturated carbocycles. The average Bonchev–Trinajstić information content (AvgIpc) is 3.19. The van der Waals surface area contributed by atoms with Gasteiger partial charge in [0.1, 0.15) is 0 Å². The topological polar surface area (TPSA) is 85.2 Å². The van der Waals surface area contributed by atoms with E-state index in [1.54, 1.807) is 4.90 Å². The Morgan fingerprint density at radius 1 is 1.35 bits per heavy atom. The number of anilines is 1. The van der Waals surface area contributed by atoms with E-state index in [9.17, 15) is 4.79 Å². The molecule has 1 aliphatic carbocycles. The molecular formula is C14H16N4O2. The van der Waals surface area contributed by atoms with Crippen LogP contribution in [0.2, 0.25) is 0 Å². The van der Waals surface area contributed by atoms with Crippen molar-refractivity contribution in [3.05, 3.63) is 41.1 Å². The van der Waals surface area contributed by atoms with Gasteiger partial charge < -0.3 is 10.6 Å². The number of carbonyl (C=O) groups excluding carboxylic acids is 1. The molecule has 0 aliphatic heterocycles. The molecule has 0 atom stereocenters. The van der Waals surface area contributed by atoms with Crippen molar-refractivity contribution in [1.29, 1.82) is 0 Å². The van der Waals surface area contributed by atoms with Gasteiger partial charge in [0.2, 0.25) is 11.5 Å². The zero-order valence-corrected chi connectivity index (χ0v) is 11.2. The van der Waals surface area contributed by atoms with E-state index < -0.39 is 0 Å². The Kier molecular flexibility index (Phi) is 3.14. The second-order valence-corrected chi connectivity index (χ2v) is 5.15. The highest BCUT2D eigenvalue weighted by Crippen LogP contribution is 2.30. The zero-order chi connectivity index (χ0) is 14.1. The molecule has 0 bridgehead atoms. The summed E-state index contributed by atoms with van der Waals surface area (Å²) >= 11 is 0. The van der Waals surface area contributed by atoms with Crippen molar-refractivity contribution in [3.63, 3.8) is 0 Å². The van der Waals surface area contributed by atoms with Crippen LogP contribution in [0.1, 0.15) is 34.5 Å². The number of hydrogen-bond donors (Lipinski definition) is 1. The van der Waals surface area contributed by atoms with Crippen molar-refractivity contribution in [3.8, 4) is 0 Å². The first kappa shape index (κ1) is 12.7. The van der Waals surface area contributed by atoms with Crippen molar-refractivity contribution in [2.75, 3.05) is 5.73 Å². The van der Waals surface area contributed by atoms with E-state index in [0.29, 0.717) is 6.54 Å². The predicted octanol–water partition coefficient (Wildman–Crippen LogP) is 1.77. The molecule has 104 valence electrons. The number of nitrogens with zero attached hydrogens (tertiary/aromatic N) is 3. The van der Waals surface area contributed by atoms with Crippen LogP contribution in [0.3, 0.4) is 0 Å². The SMILES string of the molecule is Cc1ccc(CN(C(=O)c2nonc2N)C2CC2)cc1. The molecule has 1 fully saturated rings. The molecule has 0 radical (unpaired) electrons. The minimum atomic E-state index is -0.216. The van der Waals surface area contributed by atoms with Gasteiger partial charge in [-0.2, -0.15) is 0 Å². The molecule has 0 saturated heterocycles. The number of nitrogen functional groups attached to an aromatic ring is 1. The van der Waals surface area contributed by atoms with Gasteiger partial charge in [0, 0.05) is 12.6 Å². The van der Waals surface area contributed by atoms with E-state index in [1.807, 2.05) is 31.2 Å². The number of nitrogens with two attached hydrogens (primary N) is 1. The highest BCUT2D eigenvalue weighted by molar-refractivity contribution is 5.96. The number of hydrogen-bond acceptors (Lipinski definition) is 5. The standard InChI is InChI=1S/C14H16N4O2/c1-9-2-4-10(5-3-9)8-18(11-6-7-11)14(19)12-13(15)17-20-16-12/h2-5,11H,6-8H2,1H3,(H2,15,17). The lowest BCUT2D eigenvalue weighted by atomic mass is 10.1. The fourth-order valence-corrected chi connectivity index (χ4v) is 2.12. The van der Waals surface area contributed by atoms with Crippen LogP contribution in [0.15, 0.2) is 28.9 Å². The molecule has 2 aromatic rings. The number of carbonyl (C=O) groups is 1. The molecule has 1 aromatic carbocycles. The third-order valence-corrected chi connectivity index (χ3v) is 3.44. The number of benzene rings is 1. The molecular weight excluding hydrogens is 256 g/mol. The van der Waals surface area contributed by atoms with Crippen LogP contribution in [0.4, 0.5) is 5.82 Å². The van der Waals surface area contributed by atoms with Crippen molar-refractivity contribution in [1.82, 2.24) is 15.2 Å². The van der Waals surface area contributed by atoms with Crippen LogP contribution >= 0.6 is 0 Å². The van der Waals surface area contributed by atoms with Crippen molar-refractivity contribution in [2.24, 2.45) is 0 Å². The zero-order valence-electron chi connectivity index (χ0n) is 11.2. The fraction of sp³-hybridized carbons (Fsp3) is 0.357. The minimum Gasteiger partial charge on any atom is -0.379 e. The van der Waals surface area contributed by atoms with Gasteiger partial charge in [0.15, 0.2) is 0 Å². The minimum absolute atomic E-state index is 0.0459. The Morgan fingerprint density at radius 3 is 2.60 bits per heavy atom. The van der Waals surface area contributed by atoms with Gasteiger partial charge in [-0.15, -0.1) is 0 Å². The highest BCUT2D eigenvalue weighted by atomic mass is 16.6. The Bertz CT molecular complexity index is 616. The van der Waals surface area contributed by atoms with Gasteiger partial charge in [-0.1, -0.05) is 29.8 Å². The van der Waals surface area contributed by atoms with Gasteiger partial charge in [0.25, 0.3) is 5.91 Å². The van der Waals surface area contributed by atoms with Crippen LogP contribution < -0.4 is 5.73 Å². The summed E-state index contributed by atoms with van der Waals surface area (Å²) in [5, 5.41) is 7.06. The highest BCUT2D eigenvalue weighted by Gasteiger charge is 2.35. The normalized spacial score (nSPS) is 14.2. The summed E-state index contributed by atoms with van der Waals surface area (Å²) in [7, 11) is 0. The predicted molar refractivity (Wildman–Crippen MR) is 72.8 cm³/mol. The quantitative estimate of drug-likeness (QED) is 0.916. The van der Waals surface area contributed by atoms with E-state index in [2.05, 4.69) is 14.9 Å². The molecule has 0 unspecified atom stereocenters. The maximum atomic E-state index is 12.5. The fourth-order valence-electron chi connectivity index (χ4n) is 2.12. The Balaban J connectivity index is 1.81. The maximum Gasteiger partial charge on any atom is 0.280 e. The van der Waals surface area contributed by atoms with Crippen LogP contribution in [0, 0.1) is 6.92 Å². The van der Waals surface area contributed by atoms with Gasteiger partial charge in [-0.05, 0) is 35.6 Å². The van der Waals surface area contributed by atoms with Crippen LogP contribution in [-0.4, -0.2) is 27.2 Å². The van der Waals surface area contributed by atoms with Crippen molar-refractivity contribution >= 4 is 11.7 Å². The maximum absolute atomic E-state index is 12.5. The first-order chi connectivity index (χ1) is 9.65. The first-order valence-electron chi connectivity index (χ1n) is 6.59. The Labute approximate surface area is 116 Å². The van der Waals surface area contributed by atoms with Crippen LogP contribution in [0.5, 0.6) is 0 Å². The molecule has 1 aromatic heterocycles. The average molecular weight is 272 g/mol. The molecule has 1 amide bonds. The Hall–Kier alpha value is -2.37. The Morgan fingerprint density at radius 2 is 2.05 bits per heavy atom. The third-order valence-electron chi connectivity index (χ3n) is 3.44. The van der Waals surface area contributed by atoms with Gasteiger partial charge >= 0.3 is 0 Å². The summed E-state index contributed by atoms with van der Waals surface area (Å²) in [6.07, 6.45) is 2.03. The first-order valence-corrected chi connectivity index (χ1v) is 6.59. The molecule has 3 rings (SSSR count). The van der Waals surface area contributed by atoms with Crippen LogP contribution in [0.25, 0.3) is 0 Å². The van der Waals surface area contributed by atoms with Crippen molar-refractivity contribution in [2.45, 2.75) is 32.4 Å². The molecule has 1 aliphatic rings. The molecule has 6 heteroatoms. The van der Waals surface area contributed by atoms with Crippen molar-refractivity contribution < 1.29 is 9.42 Å². The molecule has 20 heavy (non-hydrogen) atoms. The summed E-state index contributed by atoms with van der Waals surface area (Å²) in [5.41, 5.74) is 7.99. The monoisotopic (exact) mass is 272 g/mol. The number of aromatic nitrogens is 2. The van der Waals surface area contributed by atoms with E-state index in [1.165, 1.54) is 5.56 Å². The number of rotatable bonds is 4. The number of aryl methyl sites for hydroxylation is 1. The lowest BCUT2D eigenvalue weighted by Gasteiger charge is -2.21. The summed E-state index contributed by atoms with van der Waals surface area (Å²) in [5.74, 6) is -0.170. The van der Waals surface area contributed by atoms with Gasteiger partial charge in [-0.3, -0.25) is 4.79 Å². The van der Waals surface area contributed by atoms with E-state index in [4.69, 9.17) is 5.73 Å². The van der Waals surface area contributed by atoms with E-state index in [-0.39, 0.29) is 23.5 Å². The summed E-state index contributed by atoms with van der Waals surface area (Å²) in [4.78, 5) is 14.3. The van der Waals surface area contributed by atoms with Gasteiger partial charge in [-0.25, -0.2) is 4.63 Å². The largest absolute Gasteiger partial charge is 0.379 e. The van der Waals surface area contributed by atoms with Crippen LogP contribution in [-0.2, 0) is 6.54 Å². The molecule has 1 heterocycles. The summed E-state index contributed by atoms with van der Waals surface area (Å²) in [6, 6.07) is 8.40. The van der Waals surface area contributed by atoms with E-state index in [0.717, 1.165) is 18.4 Å². The lowest BCUT2D eigenvalue weighted by Crippen LogP contribution is -2.33. The second kappa shape index (κ2) is 4.96. The second-order valence-electron chi connectivity index (χ2n) is 5.15. The number of amides is 1. The lowest BCUT2D eigenvalue weighted by molar-refractivity contribution is 0.0719. The molecule has 6 nitrogen and oxygen atoms in total. The summed E-state index contributed by atoms with van der Waals surface area (Å²) < 4.78 is 4.51. The third kappa shape index (κ3) is 2.49. The molecule has 0 spiro atoms. The summed E-state index contributed by atoms with van der Waals surface area (Å²) in [6.45, 7) is 2.59. The van der Waals surface area contributed by atoms with Gasteiger partial charge in [0.05, 0.1) is 0 Å².